The molecule has 2 aliphatic carbocycles. The highest BCUT2D eigenvalue weighted by Crippen LogP contribution is 2.45. The molecule has 5 aliphatic rings. The van der Waals surface area contributed by atoms with E-state index in [2.05, 4.69) is 0 Å². The van der Waals surface area contributed by atoms with E-state index in [0.29, 0.717) is 24.0 Å². The van der Waals surface area contributed by atoms with E-state index in [9.17, 15) is 37.2 Å². The lowest BCUT2D eigenvalue weighted by Crippen LogP contribution is -2.47. The molecule has 0 N–H and O–H groups in total. The second-order valence-corrected chi connectivity index (χ2v) is 19.7. The second kappa shape index (κ2) is 14.9. The Morgan fingerprint density at radius 1 is 0.614 bits per heavy atom. The van der Waals surface area contributed by atoms with Gasteiger partial charge >= 0.3 is 24.1 Å². The monoisotopic (exact) mass is 806 g/mol. The predicted octanol–water partition coefficient (Wildman–Crippen LogP) is 6.31. The van der Waals surface area contributed by atoms with E-state index in [1.165, 1.54) is 46.2 Å². The van der Waals surface area contributed by atoms with Crippen molar-refractivity contribution in [3.8, 4) is 11.1 Å². The molecule has 306 valence electrons. The van der Waals surface area contributed by atoms with Gasteiger partial charge in [-0.3, -0.25) is 19.4 Å². The van der Waals surface area contributed by atoms with Gasteiger partial charge in [-0.1, -0.05) is 37.1 Å². The van der Waals surface area contributed by atoms with Crippen molar-refractivity contribution in [2.45, 2.75) is 138 Å². The molecule has 57 heavy (non-hydrogen) atoms. The van der Waals surface area contributed by atoms with Gasteiger partial charge in [0.1, 0.15) is 23.3 Å². The lowest BCUT2D eigenvalue weighted by atomic mass is 10.0. The Kier molecular flexibility index (Phi) is 10.5. The first-order valence-electron chi connectivity index (χ1n) is 19.7. The highest BCUT2D eigenvalue weighted by Gasteiger charge is 2.52. The number of nitrogens with zero attached hydrogens (tertiary/aromatic N) is 2. The molecule has 0 radical (unpaired) electrons. The molecule has 2 saturated heterocycles. The highest BCUT2D eigenvalue weighted by molar-refractivity contribution is 7.92. The summed E-state index contributed by atoms with van der Waals surface area (Å²) in [6, 6.07) is 6.26. The van der Waals surface area contributed by atoms with Crippen LogP contribution < -0.4 is 0 Å². The first-order valence-corrected chi connectivity index (χ1v) is 21.2. The van der Waals surface area contributed by atoms with Crippen LogP contribution >= 0.6 is 0 Å². The minimum atomic E-state index is -4.18. The van der Waals surface area contributed by atoms with E-state index in [-0.39, 0.29) is 44.8 Å². The highest BCUT2D eigenvalue weighted by atomic mass is 32.2. The molecule has 0 bridgehead atoms. The third kappa shape index (κ3) is 7.91. The second-order valence-electron chi connectivity index (χ2n) is 17.8. The number of rotatable bonds is 8. The van der Waals surface area contributed by atoms with Crippen LogP contribution in [0.25, 0.3) is 11.1 Å². The summed E-state index contributed by atoms with van der Waals surface area (Å²) in [6.45, 7) is 9.16. The van der Waals surface area contributed by atoms with Gasteiger partial charge in [-0.2, -0.15) is 0 Å². The maximum atomic E-state index is 13.8. The molecule has 0 spiro atoms. The van der Waals surface area contributed by atoms with Gasteiger partial charge in [0.2, 0.25) is 9.84 Å². The SMILES string of the molecule is CC(C)(C)OC(=O)N1C2CCCC2C[C@H]1C(=O)OCC(=O)c1ccc2c(c1)S(=O)(=O)c1cc(C(=O)COC(=O)[C@@H]3C[C@@H]4CCC[C@@H]4N3C(=O)OC(C)(C)C)ccc1-2. The maximum absolute atomic E-state index is 13.8. The number of hydrogen-bond donors (Lipinski definition) is 0. The lowest BCUT2D eigenvalue weighted by molar-refractivity contribution is -0.148. The number of esters is 2. The number of ether oxygens (including phenoxy) is 4. The Morgan fingerprint density at radius 2 is 1.00 bits per heavy atom. The van der Waals surface area contributed by atoms with Gasteiger partial charge in [0.05, 0.1) is 9.79 Å². The van der Waals surface area contributed by atoms with Gasteiger partial charge in [0.25, 0.3) is 0 Å². The molecular weight excluding hydrogens is 757 g/mol. The first-order chi connectivity index (χ1) is 26.7. The minimum Gasteiger partial charge on any atom is -0.456 e. The molecule has 2 unspecified atom stereocenters. The van der Waals surface area contributed by atoms with E-state index in [0.717, 1.165) is 38.5 Å². The van der Waals surface area contributed by atoms with Crippen molar-refractivity contribution in [2.75, 3.05) is 13.2 Å². The van der Waals surface area contributed by atoms with Crippen molar-refractivity contribution in [1.82, 2.24) is 9.80 Å². The Balaban J connectivity index is 0.993. The van der Waals surface area contributed by atoms with Crippen molar-refractivity contribution in [2.24, 2.45) is 11.8 Å². The normalized spacial score (nSPS) is 25.6. The predicted molar refractivity (Wildman–Crippen MR) is 203 cm³/mol. The van der Waals surface area contributed by atoms with Crippen LogP contribution in [0, 0.1) is 11.8 Å². The summed E-state index contributed by atoms with van der Waals surface area (Å²) in [7, 11) is -4.18. The van der Waals surface area contributed by atoms with E-state index >= 15 is 0 Å². The van der Waals surface area contributed by atoms with Gasteiger partial charge < -0.3 is 18.9 Å². The quantitative estimate of drug-likeness (QED) is 0.141. The lowest BCUT2D eigenvalue weighted by Gasteiger charge is -2.31. The molecule has 0 aromatic heterocycles. The average molecular weight is 807 g/mol. The molecule has 2 aromatic carbocycles. The Labute approximate surface area is 332 Å². The zero-order chi connectivity index (χ0) is 41.2. The van der Waals surface area contributed by atoms with Crippen molar-refractivity contribution in [3.63, 3.8) is 0 Å². The molecule has 2 saturated carbocycles. The van der Waals surface area contributed by atoms with Crippen LogP contribution in [0.15, 0.2) is 46.2 Å². The molecule has 6 atom stereocenters. The molecule has 2 aromatic rings. The third-order valence-electron chi connectivity index (χ3n) is 11.6. The maximum Gasteiger partial charge on any atom is 0.411 e. The molecule has 14 nitrogen and oxygen atoms in total. The van der Waals surface area contributed by atoms with Gasteiger partial charge in [-0.15, -0.1) is 0 Å². The third-order valence-corrected chi connectivity index (χ3v) is 13.4. The van der Waals surface area contributed by atoms with Crippen molar-refractivity contribution < 1.29 is 56.1 Å². The van der Waals surface area contributed by atoms with Crippen LogP contribution in [0.3, 0.4) is 0 Å². The number of carbonyl (C=O) groups is 6. The molecular formula is C42H50N2O12S. The van der Waals surface area contributed by atoms with Crippen molar-refractivity contribution in [3.05, 3.63) is 47.5 Å². The van der Waals surface area contributed by atoms with Gasteiger partial charge in [0.15, 0.2) is 24.8 Å². The number of Topliss-reactive ketones (excluding diaryl/α,β-unsaturated/α-hetero) is 2. The van der Waals surface area contributed by atoms with Crippen LogP contribution in [0.1, 0.15) is 114 Å². The number of fused-ring (bicyclic) bond motifs is 5. The largest absolute Gasteiger partial charge is 0.456 e. The smallest absolute Gasteiger partial charge is 0.411 e. The van der Waals surface area contributed by atoms with Crippen LogP contribution in [0.5, 0.6) is 0 Å². The minimum absolute atomic E-state index is 0.00455. The fraction of sp³-hybridized carbons (Fsp3) is 0.571. The number of likely N-dealkylation sites (tertiary alicyclic amines) is 2. The number of amides is 2. The van der Waals surface area contributed by atoms with E-state index in [4.69, 9.17) is 18.9 Å². The molecule has 2 amide bonds. The van der Waals surface area contributed by atoms with Crippen LogP contribution in [0.2, 0.25) is 0 Å². The Hall–Kier alpha value is -4.79. The van der Waals surface area contributed by atoms with E-state index in [1.54, 1.807) is 41.5 Å². The summed E-state index contributed by atoms with van der Waals surface area (Å²) in [4.78, 5) is 82.1. The van der Waals surface area contributed by atoms with Gasteiger partial charge in [-0.05, 0) is 104 Å². The zero-order valence-electron chi connectivity index (χ0n) is 33.2. The summed E-state index contributed by atoms with van der Waals surface area (Å²) in [5.74, 6) is -2.44. The molecule has 4 fully saturated rings. The fourth-order valence-electron chi connectivity index (χ4n) is 9.19. The molecule has 15 heteroatoms. The molecule has 3 heterocycles. The molecule has 7 rings (SSSR count). The Bertz CT molecular complexity index is 1990. The van der Waals surface area contributed by atoms with Gasteiger partial charge in [0, 0.05) is 34.3 Å². The number of ketones is 2. The number of benzene rings is 2. The Morgan fingerprint density at radius 3 is 1.37 bits per heavy atom. The fourth-order valence-corrected chi connectivity index (χ4v) is 10.9. The van der Waals surface area contributed by atoms with E-state index < -0.39 is 82.0 Å². The standard InChI is InChI=1S/C42H50N2O12S/c1-41(2,3)55-39(49)43-29-11-7-9-23(29)17-31(43)37(47)53-21-33(45)25-13-15-27-28-16-14-26(20-36(28)57(51,52)35(27)19-25)34(46)22-54-38(48)32-18-24-10-8-12-30(24)44(32)40(50)56-42(4,5)6/h13-16,19-20,23-24,29-32H,7-12,17-18,21-22H2,1-6H3/t23-,24?,29-,30?,31-,32-/m0/s1. The number of hydrogen-bond acceptors (Lipinski definition) is 12. The van der Waals surface area contributed by atoms with Crippen LogP contribution in [-0.4, -0.2) is 102 Å². The summed E-state index contributed by atoms with van der Waals surface area (Å²) in [5.41, 5.74) is -0.845. The van der Waals surface area contributed by atoms with Crippen molar-refractivity contribution in [1.29, 1.82) is 0 Å². The molecule has 3 aliphatic heterocycles. The summed E-state index contributed by atoms with van der Waals surface area (Å²) >= 11 is 0. The first kappa shape index (κ1) is 40.4. The summed E-state index contributed by atoms with van der Waals surface area (Å²) in [5, 5.41) is 0. The van der Waals surface area contributed by atoms with Crippen molar-refractivity contribution >= 4 is 45.5 Å². The number of sulfone groups is 1. The van der Waals surface area contributed by atoms with E-state index in [1.807, 2.05) is 0 Å². The topological polar surface area (TPSA) is 180 Å². The van der Waals surface area contributed by atoms with Crippen LogP contribution in [-0.2, 0) is 38.4 Å². The van der Waals surface area contributed by atoms with Gasteiger partial charge in [-0.25, -0.2) is 27.6 Å². The summed E-state index contributed by atoms with van der Waals surface area (Å²) < 4.78 is 49.7. The summed E-state index contributed by atoms with van der Waals surface area (Å²) in [6.07, 6.45) is 4.74. The number of carbonyl (C=O) groups excluding carboxylic acids is 6. The zero-order valence-corrected chi connectivity index (χ0v) is 34.0. The van der Waals surface area contributed by atoms with Crippen LogP contribution in [0.4, 0.5) is 9.59 Å². The average Bonchev–Trinajstić information content (AvgIpc) is 3.94.